The second-order valence-electron chi connectivity index (χ2n) is 3.71. The minimum atomic E-state index is -0.637. The van der Waals surface area contributed by atoms with Gasteiger partial charge >= 0.3 is 0 Å². The third-order valence-corrected chi connectivity index (χ3v) is 2.98. The van der Waals surface area contributed by atoms with Crippen LogP contribution in [0.4, 0.5) is 0 Å². The number of hydrogen-bond donors (Lipinski definition) is 1. The van der Waals surface area contributed by atoms with E-state index in [2.05, 4.69) is 37.8 Å². The van der Waals surface area contributed by atoms with Crippen molar-refractivity contribution in [2.45, 2.75) is 25.9 Å². The maximum absolute atomic E-state index is 10.1. The summed E-state index contributed by atoms with van der Waals surface area (Å²) in [6, 6.07) is 5.75. The molecule has 94 valence electrons. The SMILES string of the molecule is CC#CCc1ccc(Br)cc1C(O)CCN=[N+]=[N-]. The molecule has 1 aromatic carbocycles. The fraction of sp³-hybridized carbons (Fsp3) is 0.385. The lowest BCUT2D eigenvalue weighted by Crippen LogP contribution is -2.03. The molecule has 0 saturated carbocycles. The molecule has 1 atom stereocenters. The Hall–Kier alpha value is -1.47. The molecule has 0 saturated heterocycles. The van der Waals surface area contributed by atoms with Crippen LogP contribution >= 0.6 is 15.9 Å². The average Bonchev–Trinajstić information content (AvgIpc) is 2.37. The van der Waals surface area contributed by atoms with E-state index < -0.39 is 6.10 Å². The summed E-state index contributed by atoms with van der Waals surface area (Å²) in [6.07, 6.45) is 0.381. The van der Waals surface area contributed by atoms with Crippen LogP contribution in [-0.2, 0) is 6.42 Å². The third-order valence-electron chi connectivity index (χ3n) is 2.49. The summed E-state index contributed by atoms with van der Waals surface area (Å²) in [4.78, 5) is 2.67. The maximum atomic E-state index is 10.1. The highest BCUT2D eigenvalue weighted by molar-refractivity contribution is 9.10. The molecule has 0 aromatic heterocycles. The monoisotopic (exact) mass is 307 g/mol. The Labute approximate surface area is 115 Å². The Bertz CT molecular complexity index is 513. The number of aliphatic hydroxyl groups excluding tert-OH is 1. The summed E-state index contributed by atoms with van der Waals surface area (Å²) < 4.78 is 0.911. The minimum Gasteiger partial charge on any atom is -0.388 e. The fourth-order valence-corrected chi connectivity index (χ4v) is 1.98. The second-order valence-corrected chi connectivity index (χ2v) is 4.62. The Morgan fingerprint density at radius 2 is 2.33 bits per heavy atom. The topological polar surface area (TPSA) is 69.0 Å². The molecule has 1 N–H and O–H groups in total. The van der Waals surface area contributed by atoms with E-state index in [1.807, 2.05) is 18.2 Å². The largest absolute Gasteiger partial charge is 0.388 e. The van der Waals surface area contributed by atoms with E-state index in [1.54, 1.807) is 6.92 Å². The summed E-state index contributed by atoms with van der Waals surface area (Å²) in [6.45, 7) is 2.07. The van der Waals surface area contributed by atoms with Crippen molar-refractivity contribution in [3.8, 4) is 11.8 Å². The first-order chi connectivity index (χ1) is 8.69. The minimum absolute atomic E-state index is 0.281. The first-order valence-electron chi connectivity index (χ1n) is 5.56. The molecule has 0 amide bonds. The molecule has 0 fully saturated rings. The van der Waals surface area contributed by atoms with Crippen molar-refractivity contribution < 1.29 is 5.11 Å². The van der Waals surface area contributed by atoms with Crippen molar-refractivity contribution in [2.24, 2.45) is 5.11 Å². The summed E-state index contributed by atoms with van der Waals surface area (Å²) in [5, 5.41) is 13.5. The van der Waals surface area contributed by atoms with E-state index in [1.165, 1.54) is 0 Å². The van der Waals surface area contributed by atoms with Gasteiger partial charge in [-0.1, -0.05) is 33.0 Å². The highest BCUT2D eigenvalue weighted by Crippen LogP contribution is 2.25. The molecule has 0 heterocycles. The van der Waals surface area contributed by atoms with Crippen LogP contribution < -0.4 is 0 Å². The van der Waals surface area contributed by atoms with Crippen LogP contribution in [0.5, 0.6) is 0 Å². The van der Waals surface area contributed by atoms with Gasteiger partial charge in [-0.3, -0.25) is 0 Å². The van der Waals surface area contributed by atoms with E-state index in [4.69, 9.17) is 5.53 Å². The number of hydrogen-bond acceptors (Lipinski definition) is 2. The zero-order valence-electron chi connectivity index (χ0n) is 10.1. The van der Waals surface area contributed by atoms with Gasteiger partial charge in [-0.15, -0.1) is 5.92 Å². The number of nitrogens with zero attached hydrogens (tertiary/aromatic N) is 3. The normalized spacial score (nSPS) is 11.1. The van der Waals surface area contributed by atoms with E-state index in [-0.39, 0.29) is 6.54 Å². The number of halogens is 1. The van der Waals surface area contributed by atoms with Crippen molar-refractivity contribution in [3.63, 3.8) is 0 Å². The van der Waals surface area contributed by atoms with Crippen LogP contribution in [0.15, 0.2) is 27.8 Å². The zero-order valence-corrected chi connectivity index (χ0v) is 11.7. The van der Waals surface area contributed by atoms with Crippen molar-refractivity contribution in [1.29, 1.82) is 0 Å². The van der Waals surface area contributed by atoms with Crippen LogP contribution in [0, 0.1) is 11.8 Å². The Kier molecular flexibility index (Phi) is 6.31. The highest BCUT2D eigenvalue weighted by Gasteiger charge is 2.12. The Balaban J connectivity index is 2.91. The van der Waals surface area contributed by atoms with Gasteiger partial charge < -0.3 is 5.11 Å². The second kappa shape index (κ2) is 7.78. The molecular formula is C13H14BrN3O. The van der Waals surface area contributed by atoms with Crippen molar-refractivity contribution in [3.05, 3.63) is 44.2 Å². The van der Waals surface area contributed by atoms with Crippen LogP contribution in [0.25, 0.3) is 10.4 Å². The molecule has 1 unspecified atom stereocenters. The molecule has 0 radical (unpaired) electrons. The van der Waals surface area contributed by atoms with Crippen LogP contribution in [-0.4, -0.2) is 11.7 Å². The lowest BCUT2D eigenvalue weighted by molar-refractivity contribution is 0.169. The van der Waals surface area contributed by atoms with Crippen molar-refractivity contribution in [2.75, 3.05) is 6.54 Å². The Morgan fingerprint density at radius 1 is 1.56 bits per heavy atom. The summed E-state index contributed by atoms with van der Waals surface area (Å²) in [5.74, 6) is 5.83. The highest BCUT2D eigenvalue weighted by atomic mass is 79.9. The van der Waals surface area contributed by atoms with Crippen molar-refractivity contribution >= 4 is 15.9 Å². The molecule has 0 aliphatic rings. The van der Waals surface area contributed by atoms with Gasteiger partial charge in [0.1, 0.15) is 0 Å². The maximum Gasteiger partial charge on any atom is 0.0794 e. The Morgan fingerprint density at radius 3 is 3.00 bits per heavy atom. The third kappa shape index (κ3) is 4.42. The van der Waals surface area contributed by atoms with E-state index in [9.17, 15) is 5.11 Å². The smallest absolute Gasteiger partial charge is 0.0794 e. The van der Waals surface area contributed by atoms with Gasteiger partial charge in [0, 0.05) is 22.4 Å². The number of aliphatic hydroxyl groups is 1. The van der Waals surface area contributed by atoms with Crippen LogP contribution in [0.1, 0.15) is 30.6 Å². The fourth-order valence-electron chi connectivity index (χ4n) is 1.60. The zero-order chi connectivity index (χ0) is 13.4. The molecule has 0 bridgehead atoms. The molecule has 0 aliphatic heterocycles. The molecule has 0 spiro atoms. The standard InChI is InChI=1S/C13H14BrN3O/c1-2-3-4-10-5-6-11(14)9-12(10)13(18)7-8-16-17-15/h5-6,9,13,18H,4,7-8H2,1H3. The van der Waals surface area contributed by atoms with E-state index in [0.29, 0.717) is 12.8 Å². The summed E-state index contributed by atoms with van der Waals surface area (Å²) in [7, 11) is 0. The molecule has 18 heavy (non-hydrogen) atoms. The number of benzene rings is 1. The number of azide groups is 1. The van der Waals surface area contributed by atoms with Gasteiger partial charge in [0.2, 0.25) is 0 Å². The first kappa shape index (κ1) is 14.6. The molecular weight excluding hydrogens is 294 g/mol. The average molecular weight is 308 g/mol. The van der Waals surface area contributed by atoms with Gasteiger partial charge in [0.05, 0.1) is 6.10 Å². The lowest BCUT2D eigenvalue weighted by Gasteiger charge is -2.14. The first-order valence-corrected chi connectivity index (χ1v) is 6.35. The predicted molar refractivity (Wildman–Crippen MR) is 74.9 cm³/mol. The van der Waals surface area contributed by atoms with Crippen molar-refractivity contribution in [1.82, 2.24) is 0 Å². The molecule has 5 heteroatoms. The van der Waals surface area contributed by atoms with E-state index in [0.717, 1.165) is 15.6 Å². The molecule has 0 aliphatic carbocycles. The van der Waals surface area contributed by atoms with Gasteiger partial charge in [-0.05, 0) is 42.1 Å². The van der Waals surface area contributed by atoms with Crippen LogP contribution in [0.2, 0.25) is 0 Å². The van der Waals surface area contributed by atoms with Gasteiger partial charge in [-0.25, -0.2) is 0 Å². The van der Waals surface area contributed by atoms with Gasteiger partial charge in [0.25, 0.3) is 0 Å². The van der Waals surface area contributed by atoms with Gasteiger partial charge in [0.15, 0.2) is 0 Å². The molecule has 4 nitrogen and oxygen atoms in total. The summed E-state index contributed by atoms with van der Waals surface area (Å²) in [5.41, 5.74) is 10.0. The molecule has 1 aromatic rings. The lowest BCUT2D eigenvalue weighted by atomic mass is 9.98. The predicted octanol–water partition coefficient (Wildman–Crippen LogP) is 3.75. The van der Waals surface area contributed by atoms with Gasteiger partial charge in [-0.2, -0.15) is 0 Å². The van der Waals surface area contributed by atoms with E-state index >= 15 is 0 Å². The molecule has 1 rings (SSSR count). The summed E-state index contributed by atoms with van der Waals surface area (Å²) >= 11 is 3.39. The number of rotatable bonds is 5. The quantitative estimate of drug-likeness (QED) is 0.383. The van der Waals surface area contributed by atoms with Crippen LogP contribution in [0.3, 0.4) is 0 Å².